The minimum Gasteiger partial charge on any atom is -0.338 e. The van der Waals surface area contributed by atoms with Crippen molar-refractivity contribution in [2.24, 2.45) is 4.99 Å². The lowest BCUT2D eigenvalue weighted by Crippen LogP contribution is -2.36. The second-order valence-electron chi connectivity index (χ2n) is 4.78. The Labute approximate surface area is 120 Å². The molecule has 0 spiro atoms. The maximum Gasteiger partial charge on any atom is 0.219 e. The van der Waals surface area contributed by atoms with E-state index in [2.05, 4.69) is 25.9 Å². The smallest absolute Gasteiger partial charge is 0.219 e. The van der Waals surface area contributed by atoms with E-state index < -0.39 is 0 Å². The Bertz CT molecular complexity index is 606. The van der Waals surface area contributed by atoms with E-state index >= 15 is 0 Å². The van der Waals surface area contributed by atoms with Crippen molar-refractivity contribution < 1.29 is 4.79 Å². The van der Waals surface area contributed by atoms with Crippen LogP contribution in [0.25, 0.3) is 0 Å². The SMILES string of the molecule is CC(=O)N1CCC2=C(C1)C(c1cccc(Br)n1)=NC2. The first-order chi connectivity index (χ1) is 9.15. The van der Waals surface area contributed by atoms with Gasteiger partial charge in [0.15, 0.2) is 0 Å². The third kappa shape index (κ3) is 2.34. The zero-order valence-electron chi connectivity index (χ0n) is 10.7. The second-order valence-corrected chi connectivity index (χ2v) is 5.60. The van der Waals surface area contributed by atoms with Crippen molar-refractivity contribution in [3.63, 3.8) is 0 Å². The number of amides is 1. The molecular formula is C14H14BrN3O. The molecule has 0 N–H and O–H groups in total. The molecule has 2 aliphatic rings. The summed E-state index contributed by atoms with van der Waals surface area (Å²) in [5, 5.41) is 0. The molecule has 4 nitrogen and oxygen atoms in total. The molecule has 3 rings (SSSR count). The van der Waals surface area contributed by atoms with E-state index in [1.807, 2.05) is 23.1 Å². The summed E-state index contributed by atoms with van der Waals surface area (Å²) < 4.78 is 0.806. The molecule has 3 heterocycles. The molecule has 0 saturated carbocycles. The molecule has 1 amide bonds. The summed E-state index contributed by atoms with van der Waals surface area (Å²) in [4.78, 5) is 22.5. The van der Waals surface area contributed by atoms with Crippen LogP contribution in [0.4, 0.5) is 0 Å². The van der Waals surface area contributed by atoms with E-state index in [0.717, 1.165) is 35.5 Å². The van der Waals surface area contributed by atoms with E-state index in [-0.39, 0.29) is 5.91 Å². The Morgan fingerprint density at radius 2 is 2.26 bits per heavy atom. The summed E-state index contributed by atoms with van der Waals surface area (Å²) in [7, 11) is 0. The monoisotopic (exact) mass is 319 g/mol. The average molecular weight is 320 g/mol. The molecule has 0 fully saturated rings. The van der Waals surface area contributed by atoms with Crippen LogP contribution in [0.2, 0.25) is 0 Å². The number of nitrogens with zero attached hydrogens (tertiary/aromatic N) is 3. The largest absolute Gasteiger partial charge is 0.338 e. The molecule has 5 heteroatoms. The molecule has 0 aromatic carbocycles. The van der Waals surface area contributed by atoms with Crippen LogP contribution in [0.3, 0.4) is 0 Å². The molecule has 1 aromatic rings. The number of hydrogen-bond acceptors (Lipinski definition) is 3. The first-order valence-electron chi connectivity index (χ1n) is 6.29. The Morgan fingerprint density at radius 3 is 3.00 bits per heavy atom. The fourth-order valence-electron chi connectivity index (χ4n) is 2.53. The maximum atomic E-state index is 11.5. The van der Waals surface area contributed by atoms with Crippen LogP contribution in [-0.4, -0.2) is 41.1 Å². The lowest BCUT2D eigenvalue weighted by molar-refractivity contribution is -0.128. The third-order valence-corrected chi connectivity index (χ3v) is 4.02. The number of aromatic nitrogens is 1. The van der Waals surface area contributed by atoms with Gasteiger partial charge in [-0.15, -0.1) is 0 Å². The summed E-state index contributed by atoms with van der Waals surface area (Å²) in [6, 6.07) is 5.82. The van der Waals surface area contributed by atoms with E-state index in [1.54, 1.807) is 6.92 Å². The minimum absolute atomic E-state index is 0.125. The number of rotatable bonds is 1. The number of aliphatic imine (C=N–C) groups is 1. The zero-order chi connectivity index (χ0) is 13.4. The molecule has 0 radical (unpaired) electrons. The normalized spacial score (nSPS) is 18.4. The predicted octanol–water partition coefficient (Wildman–Crippen LogP) is 2.20. The van der Waals surface area contributed by atoms with Gasteiger partial charge in [-0.3, -0.25) is 9.79 Å². The predicted molar refractivity (Wildman–Crippen MR) is 77.2 cm³/mol. The molecule has 0 unspecified atom stereocenters. The molecule has 1 aromatic heterocycles. The van der Waals surface area contributed by atoms with Crippen molar-refractivity contribution in [3.8, 4) is 0 Å². The standard InChI is InChI=1S/C14H14BrN3O/c1-9(19)18-6-5-10-7-16-14(11(10)8-18)12-3-2-4-13(15)17-12/h2-4H,5-8H2,1H3. The highest BCUT2D eigenvalue weighted by Gasteiger charge is 2.28. The lowest BCUT2D eigenvalue weighted by atomic mass is 9.97. The van der Waals surface area contributed by atoms with Crippen LogP contribution in [0, 0.1) is 0 Å². The Hall–Kier alpha value is -1.49. The van der Waals surface area contributed by atoms with Crippen LogP contribution >= 0.6 is 15.9 Å². The Kier molecular flexibility index (Phi) is 3.22. The number of pyridine rings is 1. The average Bonchev–Trinajstić information content (AvgIpc) is 2.81. The summed E-state index contributed by atoms with van der Waals surface area (Å²) in [6.45, 7) is 3.85. The van der Waals surface area contributed by atoms with Gasteiger partial charge in [-0.2, -0.15) is 0 Å². The Balaban J connectivity index is 1.93. The van der Waals surface area contributed by atoms with Gasteiger partial charge < -0.3 is 4.90 Å². The number of hydrogen-bond donors (Lipinski definition) is 0. The highest BCUT2D eigenvalue weighted by molar-refractivity contribution is 9.10. The van der Waals surface area contributed by atoms with Gasteiger partial charge in [0, 0.05) is 25.6 Å². The van der Waals surface area contributed by atoms with E-state index in [9.17, 15) is 4.79 Å². The highest BCUT2D eigenvalue weighted by Crippen LogP contribution is 2.27. The molecule has 0 atom stereocenters. The fraction of sp³-hybridized carbons (Fsp3) is 0.357. The fourth-order valence-corrected chi connectivity index (χ4v) is 2.88. The number of carbonyl (C=O) groups excluding carboxylic acids is 1. The van der Waals surface area contributed by atoms with Crippen molar-refractivity contribution in [3.05, 3.63) is 39.6 Å². The molecule has 0 aliphatic carbocycles. The van der Waals surface area contributed by atoms with E-state index in [1.165, 1.54) is 11.1 Å². The number of halogens is 1. The van der Waals surface area contributed by atoms with Gasteiger partial charge in [0.1, 0.15) is 4.60 Å². The second kappa shape index (κ2) is 4.89. The van der Waals surface area contributed by atoms with Gasteiger partial charge in [0.25, 0.3) is 0 Å². The van der Waals surface area contributed by atoms with Crippen LogP contribution in [0.5, 0.6) is 0 Å². The molecule has 0 bridgehead atoms. The van der Waals surface area contributed by atoms with Gasteiger partial charge in [-0.25, -0.2) is 4.98 Å². The molecular weight excluding hydrogens is 306 g/mol. The quantitative estimate of drug-likeness (QED) is 0.745. The van der Waals surface area contributed by atoms with E-state index in [4.69, 9.17) is 0 Å². The minimum atomic E-state index is 0.125. The van der Waals surface area contributed by atoms with Crippen molar-refractivity contribution in [1.29, 1.82) is 0 Å². The van der Waals surface area contributed by atoms with Crippen LogP contribution in [0.15, 0.2) is 38.9 Å². The highest BCUT2D eigenvalue weighted by atomic mass is 79.9. The van der Waals surface area contributed by atoms with Crippen molar-refractivity contribution in [2.45, 2.75) is 13.3 Å². The molecule has 2 aliphatic heterocycles. The van der Waals surface area contributed by atoms with Crippen molar-refractivity contribution >= 4 is 27.5 Å². The van der Waals surface area contributed by atoms with E-state index in [0.29, 0.717) is 6.54 Å². The van der Waals surface area contributed by atoms with Crippen LogP contribution in [-0.2, 0) is 4.79 Å². The van der Waals surface area contributed by atoms with Crippen molar-refractivity contribution in [2.75, 3.05) is 19.6 Å². The van der Waals surface area contributed by atoms with Gasteiger partial charge in [-0.1, -0.05) is 6.07 Å². The van der Waals surface area contributed by atoms with Crippen molar-refractivity contribution in [1.82, 2.24) is 9.88 Å². The third-order valence-electron chi connectivity index (χ3n) is 3.58. The van der Waals surface area contributed by atoms with Gasteiger partial charge >= 0.3 is 0 Å². The number of carbonyl (C=O) groups is 1. The van der Waals surface area contributed by atoms with Crippen LogP contribution in [0.1, 0.15) is 19.0 Å². The van der Waals surface area contributed by atoms with Gasteiger partial charge in [0.2, 0.25) is 5.91 Å². The summed E-state index contributed by atoms with van der Waals surface area (Å²) >= 11 is 3.39. The van der Waals surface area contributed by atoms with Gasteiger partial charge in [-0.05, 0) is 40.1 Å². The first-order valence-corrected chi connectivity index (χ1v) is 7.08. The summed E-state index contributed by atoms with van der Waals surface area (Å²) in [6.07, 6.45) is 0.927. The maximum absolute atomic E-state index is 11.5. The Morgan fingerprint density at radius 1 is 1.42 bits per heavy atom. The lowest BCUT2D eigenvalue weighted by Gasteiger charge is -2.27. The molecule has 19 heavy (non-hydrogen) atoms. The summed E-state index contributed by atoms with van der Waals surface area (Å²) in [5.41, 5.74) is 4.37. The summed E-state index contributed by atoms with van der Waals surface area (Å²) in [5.74, 6) is 0.125. The van der Waals surface area contributed by atoms with Gasteiger partial charge in [0.05, 0.1) is 18.0 Å². The first kappa shape index (κ1) is 12.5. The molecule has 98 valence electrons. The molecule has 0 saturated heterocycles. The van der Waals surface area contributed by atoms with Crippen LogP contribution < -0.4 is 0 Å². The zero-order valence-corrected chi connectivity index (χ0v) is 12.3. The topological polar surface area (TPSA) is 45.6 Å².